The molecule has 3 aromatic carbocycles. The van der Waals surface area contributed by atoms with E-state index >= 15 is 0 Å². The van der Waals surface area contributed by atoms with E-state index in [1.54, 1.807) is 11.3 Å². The molecule has 0 amide bonds. The summed E-state index contributed by atoms with van der Waals surface area (Å²) in [7, 11) is 0. The van der Waals surface area contributed by atoms with Gasteiger partial charge in [-0.15, -0.1) is 11.3 Å². The topological polar surface area (TPSA) is 9.23 Å². The molecule has 1 atom stereocenters. The second kappa shape index (κ2) is 6.70. The fraction of sp³-hybridized carbons (Fsp3) is 0.120. The lowest BCUT2D eigenvalue weighted by molar-refractivity contribution is 0.0162. The van der Waals surface area contributed by atoms with Gasteiger partial charge in [0.05, 0.1) is 6.61 Å². The minimum Gasteiger partial charge on any atom is -0.353 e. The smallest absolute Gasteiger partial charge is 0.180 e. The zero-order valence-corrected chi connectivity index (χ0v) is 15.6. The number of thiophene rings is 1. The zero-order chi connectivity index (χ0) is 18.1. The Balaban J connectivity index is 1.75. The van der Waals surface area contributed by atoms with Gasteiger partial charge in [-0.1, -0.05) is 66.4 Å². The molecular weight excluding hydrogens is 348 g/mol. The predicted octanol–water partition coefficient (Wildman–Crippen LogP) is 5.77. The third kappa shape index (κ3) is 2.86. The van der Waals surface area contributed by atoms with Crippen molar-refractivity contribution in [3.63, 3.8) is 0 Å². The number of hydrogen-bond donors (Lipinski definition) is 0. The van der Waals surface area contributed by atoms with Crippen LogP contribution in [0.15, 0.2) is 84.2 Å². The summed E-state index contributed by atoms with van der Waals surface area (Å²) in [5.41, 5.74) is 3.85. The molecule has 1 aromatic heterocycles. The number of benzene rings is 3. The molecule has 1 nitrogen and oxygen atoms in total. The number of fused-ring (bicyclic) bond motifs is 2. The molecule has 2 heterocycles. The van der Waals surface area contributed by atoms with E-state index in [1.807, 2.05) is 30.3 Å². The fourth-order valence-electron chi connectivity index (χ4n) is 3.74. The summed E-state index contributed by atoms with van der Waals surface area (Å²) in [5.74, 6) is 6.88. The molecule has 0 saturated heterocycles. The van der Waals surface area contributed by atoms with Gasteiger partial charge in [-0.05, 0) is 47.0 Å². The van der Waals surface area contributed by atoms with Crippen LogP contribution in [0.2, 0.25) is 0 Å². The van der Waals surface area contributed by atoms with E-state index in [0.717, 1.165) is 23.1 Å². The van der Waals surface area contributed by atoms with Crippen LogP contribution < -0.4 is 0 Å². The largest absolute Gasteiger partial charge is 0.353 e. The molecule has 0 spiro atoms. The molecule has 0 bridgehead atoms. The van der Waals surface area contributed by atoms with Crippen LogP contribution in [-0.2, 0) is 16.8 Å². The molecule has 0 unspecified atom stereocenters. The van der Waals surface area contributed by atoms with E-state index in [1.165, 1.54) is 15.6 Å². The standard InChI is InChI=1S/C25H18OS/c1-2-6-19(7-3-1)12-15-25(22-11-10-21-14-17-27-24(21)18-22)23-9-5-4-8-20(23)13-16-26-25/h1-11,14,17-18H,13,16H2/t25-/m1/s1. The Kier molecular flexibility index (Phi) is 4.05. The van der Waals surface area contributed by atoms with Crippen LogP contribution in [-0.4, -0.2) is 6.61 Å². The first-order valence-corrected chi connectivity index (χ1v) is 10.0. The second-order valence-electron chi connectivity index (χ2n) is 6.73. The lowest BCUT2D eigenvalue weighted by Crippen LogP contribution is -2.35. The lowest BCUT2D eigenvalue weighted by Gasteiger charge is -2.35. The molecule has 130 valence electrons. The van der Waals surface area contributed by atoms with Crippen molar-refractivity contribution in [2.45, 2.75) is 12.0 Å². The normalized spacial score (nSPS) is 18.5. The predicted molar refractivity (Wildman–Crippen MR) is 112 cm³/mol. The van der Waals surface area contributed by atoms with Crippen LogP contribution in [0.5, 0.6) is 0 Å². The maximum absolute atomic E-state index is 6.46. The summed E-state index contributed by atoms with van der Waals surface area (Å²) in [6, 6.07) is 27.4. The Morgan fingerprint density at radius 1 is 0.889 bits per heavy atom. The number of ether oxygens (including phenoxy) is 1. The van der Waals surface area contributed by atoms with Crippen molar-refractivity contribution in [2.75, 3.05) is 6.61 Å². The summed E-state index contributed by atoms with van der Waals surface area (Å²) in [6.07, 6.45) is 0.923. The first kappa shape index (κ1) is 16.3. The molecule has 0 aliphatic carbocycles. The van der Waals surface area contributed by atoms with Crippen molar-refractivity contribution in [3.05, 3.63) is 106 Å². The van der Waals surface area contributed by atoms with E-state index < -0.39 is 5.60 Å². The van der Waals surface area contributed by atoms with Crippen LogP contribution in [0, 0.1) is 11.8 Å². The maximum atomic E-state index is 6.46. The average molecular weight is 366 g/mol. The molecule has 27 heavy (non-hydrogen) atoms. The zero-order valence-electron chi connectivity index (χ0n) is 14.8. The summed E-state index contributed by atoms with van der Waals surface area (Å²) in [6.45, 7) is 0.670. The highest BCUT2D eigenvalue weighted by atomic mass is 32.1. The first-order chi connectivity index (χ1) is 13.4. The summed E-state index contributed by atoms with van der Waals surface area (Å²) in [5, 5.41) is 3.39. The Hall–Kier alpha value is -2.86. The van der Waals surface area contributed by atoms with Crippen LogP contribution >= 0.6 is 11.3 Å². The van der Waals surface area contributed by atoms with Gasteiger partial charge in [-0.25, -0.2) is 0 Å². The van der Waals surface area contributed by atoms with Crippen LogP contribution in [0.4, 0.5) is 0 Å². The van der Waals surface area contributed by atoms with Gasteiger partial charge >= 0.3 is 0 Å². The Morgan fingerprint density at radius 3 is 2.67 bits per heavy atom. The van der Waals surface area contributed by atoms with Crippen LogP contribution in [0.3, 0.4) is 0 Å². The van der Waals surface area contributed by atoms with E-state index in [9.17, 15) is 0 Å². The van der Waals surface area contributed by atoms with Gasteiger partial charge in [0, 0.05) is 21.4 Å². The first-order valence-electron chi connectivity index (χ1n) is 9.13. The van der Waals surface area contributed by atoms with Gasteiger partial charge in [0.2, 0.25) is 0 Å². The number of rotatable bonds is 1. The minimum atomic E-state index is -0.733. The average Bonchev–Trinajstić information content (AvgIpc) is 3.21. The van der Waals surface area contributed by atoms with Crippen molar-refractivity contribution >= 4 is 21.4 Å². The highest BCUT2D eigenvalue weighted by Crippen LogP contribution is 2.40. The Labute approximate surface area is 163 Å². The Bertz CT molecular complexity index is 1160. The lowest BCUT2D eigenvalue weighted by atomic mass is 9.81. The summed E-state index contributed by atoms with van der Waals surface area (Å²) < 4.78 is 7.72. The second-order valence-corrected chi connectivity index (χ2v) is 7.67. The van der Waals surface area contributed by atoms with Gasteiger partial charge in [0.1, 0.15) is 0 Å². The van der Waals surface area contributed by atoms with Crippen molar-refractivity contribution in [1.82, 2.24) is 0 Å². The summed E-state index contributed by atoms with van der Waals surface area (Å²) >= 11 is 1.76. The molecule has 4 aromatic rings. The quantitative estimate of drug-likeness (QED) is 0.389. The molecule has 0 radical (unpaired) electrons. The van der Waals surface area contributed by atoms with Crippen molar-refractivity contribution < 1.29 is 4.74 Å². The monoisotopic (exact) mass is 366 g/mol. The summed E-state index contributed by atoms with van der Waals surface area (Å²) in [4.78, 5) is 0. The molecule has 0 fully saturated rings. The van der Waals surface area contributed by atoms with Gasteiger partial charge in [0.15, 0.2) is 5.60 Å². The van der Waals surface area contributed by atoms with Gasteiger partial charge in [-0.3, -0.25) is 0 Å². The molecule has 1 aliphatic heterocycles. The Morgan fingerprint density at radius 2 is 1.74 bits per heavy atom. The molecule has 0 saturated carbocycles. The van der Waals surface area contributed by atoms with Gasteiger partial charge in [0.25, 0.3) is 0 Å². The van der Waals surface area contributed by atoms with Crippen molar-refractivity contribution in [2.24, 2.45) is 0 Å². The third-order valence-electron chi connectivity index (χ3n) is 5.11. The van der Waals surface area contributed by atoms with E-state index in [2.05, 4.69) is 65.8 Å². The molecular formula is C25H18OS. The van der Waals surface area contributed by atoms with Crippen LogP contribution in [0.1, 0.15) is 22.3 Å². The molecule has 5 rings (SSSR count). The van der Waals surface area contributed by atoms with Crippen LogP contribution in [0.25, 0.3) is 10.1 Å². The highest BCUT2D eigenvalue weighted by molar-refractivity contribution is 7.17. The van der Waals surface area contributed by atoms with Crippen molar-refractivity contribution in [1.29, 1.82) is 0 Å². The number of hydrogen-bond acceptors (Lipinski definition) is 2. The van der Waals surface area contributed by atoms with Gasteiger partial charge < -0.3 is 4.74 Å². The van der Waals surface area contributed by atoms with E-state index in [4.69, 9.17) is 4.74 Å². The minimum absolute atomic E-state index is 0.670. The highest BCUT2D eigenvalue weighted by Gasteiger charge is 2.38. The van der Waals surface area contributed by atoms with Gasteiger partial charge in [-0.2, -0.15) is 0 Å². The van der Waals surface area contributed by atoms with Crippen molar-refractivity contribution in [3.8, 4) is 11.8 Å². The van der Waals surface area contributed by atoms with E-state index in [0.29, 0.717) is 6.61 Å². The fourth-order valence-corrected chi connectivity index (χ4v) is 4.57. The molecule has 2 heteroatoms. The third-order valence-corrected chi connectivity index (χ3v) is 5.99. The molecule has 1 aliphatic rings. The molecule has 0 N–H and O–H groups in total. The van der Waals surface area contributed by atoms with E-state index in [-0.39, 0.29) is 0 Å². The maximum Gasteiger partial charge on any atom is 0.180 e. The SMILES string of the molecule is C(#C[C@]1(c2ccc3ccsc3c2)OCCc2ccccc21)c1ccccc1.